The summed E-state index contributed by atoms with van der Waals surface area (Å²) in [4.78, 5) is 32.4. The number of rotatable bonds is 4. The molecule has 12 heteroatoms. The van der Waals surface area contributed by atoms with Crippen LogP contribution in [0.5, 0.6) is 0 Å². The maximum Gasteiger partial charge on any atom is 0.434 e. The molecule has 0 saturated carbocycles. The van der Waals surface area contributed by atoms with Crippen molar-refractivity contribution in [3.8, 4) is 5.69 Å². The largest absolute Gasteiger partial charge is 0.434 e. The van der Waals surface area contributed by atoms with Crippen molar-refractivity contribution in [2.75, 3.05) is 12.4 Å². The van der Waals surface area contributed by atoms with E-state index in [9.17, 15) is 22.8 Å². The molecular weight excluding hydrogens is 461 g/mol. The van der Waals surface area contributed by atoms with E-state index in [1.54, 1.807) is 24.3 Å². The minimum absolute atomic E-state index is 0.00730. The van der Waals surface area contributed by atoms with Crippen LogP contribution in [0.3, 0.4) is 0 Å². The number of amides is 2. The Morgan fingerprint density at radius 1 is 1.06 bits per heavy atom. The molecule has 4 aromatic rings. The van der Waals surface area contributed by atoms with Crippen LogP contribution in [0.1, 0.15) is 26.5 Å². The molecule has 0 fully saturated rings. The highest BCUT2D eigenvalue weighted by molar-refractivity contribution is 6.33. The summed E-state index contributed by atoms with van der Waals surface area (Å²) in [6.07, 6.45) is -1.43. The highest BCUT2D eigenvalue weighted by Crippen LogP contribution is 2.35. The standard InChI is InChI=1S/C21H14ClF3N6O2/c1-26-20(33)17-14(22)8-11(9-28-17)30-19(32)13-10-29-31(18(13)21(23,24)25)16-6-2-5-15-12(16)4-3-7-27-15/h2-10H,1H3,(H,26,33)(H,30,32). The second-order valence-electron chi connectivity index (χ2n) is 6.75. The summed E-state index contributed by atoms with van der Waals surface area (Å²) in [5, 5.41) is 8.86. The number of nitrogens with zero attached hydrogens (tertiary/aromatic N) is 4. The van der Waals surface area contributed by atoms with Gasteiger partial charge in [0, 0.05) is 18.6 Å². The topological polar surface area (TPSA) is 102 Å². The number of aromatic nitrogens is 4. The molecule has 0 aliphatic rings. The fourth-order valence-corrected chi connectivity index (χ4v) is 3.48. The number of nitrogens with one attached hydrogen (secondary N) is 2. The first kappa shape index (κ1) is 22.2. The maximum atomic E-state index is 14.0. The van der Waals surface area contributed by atoms with Gasteiger partial charge in [-0.1, -0.05) is 17.7 Å². The Morgan fingerprint density at radius 2 is 1.85 bits per heavy atom. The van der Waals surface area contributed by atoms with E-state index >= 15 is 0 Å². The van der Waals surface area contributed by atoms with Crippen molar-refractivity contribution in [1.82, 2.24) is 25.1 Å². The number of hydrogen-bond donors (Lipinski definition) is 2. The Hall–Kier alpha value is -3.99. The number of alkyl halides is 3. The van der Waals surface area contributed by atoms with Gasteiger partial charge in [0.15, 0.2) is 5.69 Å². The van der Waals surface area contributed by atoms with E-state index in [1.807, 2.05) is 0 Å². The lowest BCUT2D eigenvalue weighted by Crippen LogP contribution is -2.22. The lowest BCUT2D eigenvalue weighted by Gasteiger charge is -2.14. The highest BCUT2D eigenvalue weighted by atomic mass is 35.5. The molecule has 2 N–H and O–H groups in total. The normalized spacial score (nSPS) is 11.4. The van der Waals surface area contributed by atoms with E-state index in [0.717, 1.165) is 12.4 Å². The van der Waals surface area contributed by atoms with E-state index in [1.165, 1.54) is 25.4 Å². The molecule has 2 amide bonds. The maximum absolute atomic E-state index is 14.0. The summed E-state index contributed by atoms with van der Waals surface area (Å²) in [5.74, 6) is -1.62. The zero-order valence-corrected chi connectivity index (χ0v) is 17.6. The van der Waals surface area contributed by atoms with Gasteiger partial charge >= 0.3 is 6.18 Å². The SMILES string of the molecule is CNC(=O)c1ncc(NC(=O)c2cnn(-c3cccc4ncccc34)c2C(F)(F)F)cc1Cl. The minimum Gasteiger partial charge on any atom is -0.354 e. The molecular formula is C21H14ClF3N6O2. The van der Waals surface area contributed by atoms with Crippen LogP contribution >= 0.6 is 11.6 Å². The van der Waals surface area contributed by atoms with Crippen LogP contribution in [0.15, 0.2) is 55.0 Å². The third kappa shape index (κ3) is 4.22. The molecule has 0 atom stereocenters. The van der Waals surface area contributed by atoms with E-state index in [2.05, 4.69) is 25.7 Å². The molecule has 3 aromatic heterocycles. The first-order valence-corrected chi connectivity index (χ1v) is 9.77. The van der Waals surface area contributed by atoms with Crippen molar-refractivity contribution < 1.29 is 22.8 Å². The van der Waals surface area contributed by atoms with Gasteiger partial charge < -0.3 is 10.6 Å². The monoisotopic (exact) mass is 474 g/mol. The Morgan fingerprint density at radius 3 is 2.55 bits per heavy atom. The molecule has 0 bridgehead atoms. The second kappa shape index (κ2) is 8.51. The summed E-state index contributed by atoms with van der Waals surface area (Å²) in [6, 6.07) is 9.08. The molecule has 1 aromatic carbocycles. The van der Waals surface area contributed by atoms with Crippen molar-refractivity contribution in [2.24, 2.45) is 0 Å². The highest BCUT2D eigenvalue weighted by Gasteiger charge is 2.41. The number of carbonyl (C=O) groups excluding carboxylic acids is 2. The molecule has 4 rings (SSSR count). The zero-order valence-electron chi connectivity index (χ0n) is 16.8. The smallest absolute Gasteiger partial charge is 0.354 e. The number of fused-ring (bicyclic) bond motifs is 1. The summed E-state index contributed by atoms with van der Waals surface area (Å²) >= 11 is 6.00. The first-order valence-electron chi connectivity index (χ1n) is 9.39. The number of benzene rings is 1. The summed E-state index contributed by atoms with van der Waals surface area (Å²) in [5.41, 5.74) is -1.45. The van der Waals surface area contributed by atoms with Crippen LogP contribution in [-0.2, 0) is 6.18 Å². The minimum atomic E-state index is -4.90. The van der Waals surface area contributed by atoms with Gasteiger partial charge in [0.1, 0.15) is 5.69 Å². The van der Waals surface area contributed by atoms with Gasteiger partial charge in [-0.05, 0) is 30.3 Å². The fraction of sp³-hybridized carbons (Fsp3) is 0.0952. The van der Waals surface area contributed by atoms with Crippen LogP contribution in [0.25, 0.3) is 16.6 Å². The van der Waals surface area contributed by atoms with E-state index < -0.39 is 29.2 Å². The van der Waals surface area contributed by atoms with Gasteiger partial charge in [0.2, 0.25) is 0 Å². The molecule has 0 aliphatic carbocycles. The van der Waals surface area contributed by atoms with Crippen LogP contribution in [0, 0.1) is 0 Å². The molecule has 3 heterocycles. The molecule has 0 saturated heterocycles. The van der Waals surface area contributed by atoms with Gasteiger partial charge in [-0.25, -0.2) is 9.67 Å². The number of carbonyl (C=O) groups is 2. The lowest BCUT2D eigenvalue weighted by atomic mass is 10.1. The van der Waals surface area contributed by atoms with Crippen LogP contribution in [0.2, 0.25) is 5.02 Å². The quantitative estimate of drug-likeness (QED) is 0.463. The predicted octanol–water partition coefficient (Wildman–Crippen LogP) is 4.10. The van der Waals surface area contributed by atoms with Crippen molar-refractivity contribution in [2.45, 2.75) is 6.18 Å². The van der Waals surface area contributed by atoms with Crippen molar-refractivity contribution in [3.05, 3.63) is 77.0 Å². The summed E-state index contributed by atoms with van der Waals surface area (Å²) in [6.45, 7) is 0. The van der Waals surface area contributed by atoms with Gasteiger partial charge in [-0.2, -0.15) is 18.3 Å². The van der Waals surface area contributed by atoms with Gasteiger partial charge in [-0.15, -0.1) is 0 Å². The molecule has 8 nitrogen and oxygen atoms in total. The molecule has 0 aliphatic heterocycles. The summed E-state index contributed by atoms with van der Waals surface area (Å²) < 4.78 is 42.8. The molecule has 0 unspecified atom stereocenters. The summed E-state index contributed by atoms with van der Waals surface area (Å²) in [7, 11) is 1.39. The van der Waals surface area contributed by atoms with Gasteiger partial charge in [-0.3, -0.25) is 14.6 Å². The van der Waals surface area contributed by atoms with Crippen molar-refractivity contribution in [1.29, 1.82) is 0 Å². The van der Waals surface area contributed by atoms with Crippen LogP contribution < -0.4 is 10.6 Å². The Kier molecular flexibility index (Phi) is 5.73. The second-order valence-corrected chi connectivity index (χ2v) is 7.16. The molecule has 33 heavy (non-hydrogen) atoms. The average molecular weight is 475 g/mol. The van der Waals surface area contributed by atoms with E-state index in [-0.39, 0.29) is 22.1 Å². The van der Waals surface area contributed by atoms with E-state index in [4.69, 9.17) is 11.6 Å². The van der Waals surface area contributed by atoms with E-state index in [0.29, 0.717) is 15.6 Å². The van der Waals surface area contributed by atoms with Crippen LogP contribution in [-0.4, -0.2) is 38.6 Å². The predicted molar refractivity (Wildman–Crippen MR) is 114 cm³/mol. The fourth-order valence-electron chi connectivity index (χ4n) is 3.23. The number of anilines is 1. The number of pyridine rings is 2. The zero-order chi connectivity index (χ0) is 23.8. The van der Waals surface area contributed by atoms with Crippen molar-refractivity contribution >= 4 is 40.0 Å². The molecule has 168 valence electrons. The van der Waals surface area contributed by atoms with Gasteiger partial charge in [0.25, 0.3) is 11.8 Å². The van der Waals surface area contributed by atoms with Crippen molar-refractivity contribution in [3.63, 3.8) is 0 Å². The first-order chi connectivity index (χ1) is 15.7. The Balaban J connectivity index is 1.75. The molecule has 0 radical (unpaired) electrons. The third-order valence-corrected chi connectivity index (χ3v) is 4.96. The lowest BCUT2D eigenvalue weighted by molar-refractivity contribution is -0.143. The van der Waals surface area contributed by atoms with Gasteiger partial charge in [0.05, 0.1) is 39.9 Å². The third-order valence-electron chi connectivity index (χ3n) is 4.67. The Labute approximate surface area is 189 Å². The van der Waals surface area contributed by atoms with Crippen LogP contribution in [0.4, 0.5) is 18.9 Å². The number of halogens is 4. The molecule has 0 spiro atoms. The Bertz CT molecular complexity index is 1380. The number of hydrogen-bond acceptors (Lipinski definition) is 5. The average Bonchev–Trinajstić information content (AvgIpc) is 3.24.